The van der Waals surface area contributed by atoms with Gasteiger partial charge in [-0.05, 0) is 47.3 Å². The monoisotopic (exact) mass is 373 g/mol. The zero-order valence-corrected chi connectivity index (χ0v) is 14.7. The Morgan fingerprint density at radius 3 is 2.52 bits per heavy atom. The number of hydrogen-bond donors (Lipinski definition) is 2. The van der Waals surface area contributed by atoms with Crippen LogP contribution in [0.3, 0.4) is 0 Å². The first kappa shape index (κ1) is 17.1. The Morgan fingerprint density at radius 1 is 1.08 bits per heavy atom. The molecule has 3 rings (SSSR count). The van der Waals surface area contributed by atoms with Gasteiger partial charge in [0.1, 0.15) is 4.21 Å². The van der Waals surface area contributed by atoms with Crippen LogP contribution in [0.1, 0.15) is 15.9 Å². The number of amides is 1. The third kappa shape index (κ3) is 4.43. The first-order chi connectivity index (χ1) is 12.0. The fourth-order valence-electron chi connectivity index (χ4n) is 2.10. The van der Waals surface area contributed by atoms with Crippen LogP contribution in [-0.4, -0.2) is 19.3 Å². The van der Waals surface area contributed by atoms with E-state index in [2.05, 4.69) is 15.0 Å². The van der Waals surface area contributed by atoms with Gasteiger partial charge in [0.05, 0.1) is 0 Å². The molecule has 8 heteroatoms. The zero-order valence-electron chi connectivity index (χ0n) is 13.0. The number of carbonyl (C=O) groups is 1. The predicted molar refractivity (Wildman–Crippen MR) is 97.0 cm³/mol. The van der Waals surface area contributed by atoms with Gasteiger partial charge >= 0.3 is 0 Å². The number of hydrogen-bond acceptors (Lipinski definition) is 5. The van der Waals surface area contributed by atoms with Gasteiger partial charge in [-0.15, -0.1) is 11.3 Å². The quantitative estimate of drug-likeness (QED) is 0.695. The van der Waals surface area contributed by atoms with Crippen molar-refractivity contribution in [2.45, 2.75) is 10.8 Å². The van der Waals surface area contributed by atoms with Crippen LogP contribution < -0.4 is 10.0 Å². The van der Waals surface area contributed by atoms with E-state index in [4.69, 9.17) is 0 Å². The Labute approximate surface area is 149 Å². The molecule has 0 saturated carbocycles. The highest BCUT2D eigenvalue weighted by atomic mass is 32.2. The summed E-state index contributed by atoms with van der Waals surface area (Å²) in [6, 6.07) is 13.2. The Balaban J connectivity index is 1.63. The van der Waals surface area contributed by atoms with Gasteiger partial charge in [-0.2, -0.15) is 0 Å². The van der Waals surface area contributed by atoms with Crippen LogP contribution in [0, 0.1) is 0 Å². The third-order valence-corrected chi connectivity index (χ3v) is 6.11. The lowest BCUT2D eigenvalue weighted by atomic mass is 10.2. The summed E-state index contributed by atoms with van der Waals surface area (Å²) in [5.74, 6) is -0.239. The first-order valence-corrected chi connectivity index (χ1v) is 9.74. The zero-order chi connectivity index (χ0) is 17.7. The van der Waals surface area contributed by atoms with E-state index in [1.165, 1.54) is 6.07 Å². The van der Waals surface area contributed by atoms with E-state index in [1.807, 2.05) is 6.07 Å². The maximum Gasteiger partial charge on any atom is 0.271 e. The van der Waals surface area contributed by atoms with Gasteiger partial charge in [0.25, 0.3) is 15.9 Å². The summed E-state index contributed by atoms with van der Waals surface area (Å²) in [5.41, 5.74) is 1.75. The first-order valence-electron chi connectivity index (χ1n) is 7.38. The molecule has 0 bridgehead atoms. The van der Waals surface area contributed by atoms with Crippen LogP contribution in [0.25, 0.3) is 0 Å². The van der Waals surface area contributed by atoms with Crippen molar-refractivity contribution >= 4 is 33.0 Å². The molecule has 6 nitrogen and oxygen atoms in total. The van der Waals surface area contributed by atoms with Gasteiger partial charge in [-0.1, -0.05) is 12.1 Å². The van der Waals surface area contributed by atoms with Crippen LogP contribution in [0.5, 0.6) is 0 Å². The molecule has 2 heterocycles. The number of thiophene rings is 1. The van der Waals surface area contributed by atoms with Crippen molar-refractivity contribution in [3.05, 3.63) is 77.4 Å². The van der Waals surface area contributed by atoms with E-state index >= 15 is 0 Å². The number of rotatable bonds is 6. The van der Waals surface area contributed by atoms with Crippen LogP contribution in [0.2, 0.25) is 0 Å². The summed E-state index contributed by atoms with van der Waals surface area (Å²) in [4.78, 5) is 16.1. The Hall–Kier alpha value is -2.71. The lowest BCUT2D eigenvalue weighted by Crippen LogP contribution is -2.22. The lowest BCUT2D eigenvalue weighted by Gasteiger charge is -2.08. The van der Waals surface area contributed by atoms with E-state index in [1.54, 1.807) is 54.2 Å². The number of aromatic nitrogens is 1. The average Bonchev–Trinajstić information content (AvgIpc) is 3.17. The van der Waals surface area contributed by atoms with Crippen molar-refractivity contribution in [1.82, 2.24) is 10.3 Å². The molecule has 0 spiro atoms. The van der Waals surface area contributed by atoms with Crippen molar-refractivity contribution < 1.29 is 13.2 Å². The average molecular weight is 373 g/mol. The highest BCUT2D eigenvalue weighted by Crippen LogP contribution is 2.20. The molecule has 0 fully saturated rings. The van der Waals surface area contributed by atoms with Crippen molar-refractivity contribution in [2.75, 3.05) is 4.72 Å². The molecule has 0 saturated heterocycles. The Morgan fingerprint density at radius 2 is 1.88 bits per heavy atom. The van der Waals surface area contributed by atoms with E-state index in [-0.39, 0.29) is 10.1 Å². The molecule has 0 aliphatic rings. The number of sulfonamides is 1. The molecule has 128 valence electrons. The minimum Gasteiger partial charge on any atom is -0.348 e. The number of benzene rings is 1. The summed E-state index contributed by atoms with van der Waals surface area (Å²) < 4.78 is 27.0. The van der Waals surface area contributed by atoms with Gasteiger partial charge in [-0.3, -0.25) is 14.5 Å². The van der Waals surface area contributed by atoms with Gasteiger partial charge < -0.3 is 5.32 Å². The van der Waals surface area contributed by atoms with Crippen molar-refractivity contribution in [3.8, 4) is 0 Å². The van der Waals surface area contributed by atoms with Crippen molar-refractivity contribution in [3.63, 3.8) is 0 Å². The second-order valence-corrected chi connectivity index (χ2v) is 8.02. The largest absolute Gasteiger partial charge is 0.348 e. The molecule has 2 N–H and O–H groups in total. The number of pyridine rings is 1. The van der Waals surface area contributed by atoms with Crippen LogP contribution in [-0.2, 0) is 16.6 Å². The molecule has 0 unspecified atom stereocenters. The summed E-state index contributed by atoms with van der Waals surface area (Å²) in [6.07, 6.45) is 3.35. The number of nitrogens with one attached hydrogen (secondary N) is 2. The minimum absolute atomic E-state index is 0.239. The Bertz CT molecular complexity index is 939. The fourth-order valence-corrected chi connectivity index (χ4v) is 4.15. The smallest absolute Gasteiger partial charge is 0.271 e. The SMILES string of the molecule is O=C(NCc1cccnc1)c1ccc(NS(=O)(=O)c2cccs2)cc1. The van der Waals surface area contributed by atoms with Gasteiger partial charge in [0, 0.05) is 30.2 Å². The lowest BCUT2D eigenvalue weighted by molar-refractivity contribution is 0.0951. The molecule has 1 amide bonds. The van der Waals surface area contributed by atoms with Crippen molar-refractivity contribution in [2.24, 2.45) is 0 Å². The van der Waals surface area contributed by atoms with E-state index in [0.29, 0.717) is 17.8 Å². The topological polar surface area (TPSA) is 88.2 Å². The third-order valence-electron chi connectivity index (χ3n) is 3.34. The molecule has 0 radical (unpaired) electrons. The molecule has 0 atom stereocenters. The van der Waals surface area contributed by atoms with Gasteiger partial charge in [-0.25, -0.2) is 8.42 Å². The molecule has 3 aromatic rings. The van der Waals surface area contributed by atoms with E-state index < -0.39 is 10.0 Å². The highest BCUT2D eigenvalue weighted by molar-refractivity contribution is 7.94. The minimum atomic E-state index is -3.59. The van der Waals surface area contributed by atoms with Crippen LogP contribution in [0.4, 0.5) is 5.69 Å². The van der Waals surface area contributed by atoms with Gasteiger partial charge in [0.15, 0.2) is 0 Å². The summed E-state index contributed by atoms with van der Waals surface area (Å²) in [7, 11) is -3.59. The predicted octanol–water partition coefficient (Wildman–Crippen LogP) is 2.87. The molecular weight excluding hydrogens is 358 g/mol. The maximum atomic E-state index is 12.2. The second-order valence-electron chi connectivity index (χ2n) is 5.16. The van der Waals surface area contributed by atoms with Crippen molar-refractivity contribution in [1.29, 1.82) is 0 Å². The number of nitrogens with zero attached hydrogens (tertiary/aromatic N) is 1. The second kappa shape index (κ2) is 7.45. The highest BCUT2D eigenvalue weighted by Gasteiger charge is 2.15. The Kier molecular flexibility index (Phi) is 5.11. The van der Waals surface area contributed by atoms with Crippen LogP contribution in [0.15, 0.2) is 70.5 Å². The van der Waals surface area contributed by atoms with Crippen LogP contribution >= 0.6 is 11.3 Å². The molecule has 2 aromatic heterocycles. The molecule has 1 aromatic carbocycles. The molecule has 0 aliphatic heterocycles. The summed E-state index contributed by atoms with van der Waals surface area (Å²) in [5, 5.41) is 4.49. The van der Waals surface area contributed by atoms with E-state index in [0.717, 1.165) is 16.9 Å². The summed E-state index contributed by atoms with van der Waals surface area (Å²) >= 11 is 1.14. The molecule has 0 aliphatic carbocycles. The fraction of sp³-hybridized carbons (Fsp3) is 0.0588. The number of anilines is 1. The van der Waals surface area contributed by atoms with E-state index in [9.17, 15) is 13.2 Å². The maximum absolute atomic E-state index is 12.2. The standard InChI is InChI=1S/C17H15N3O3S2/c21-17(19-12-13-3-1-9-18-11-13)14-5-7-15(8-6-14)20-25(22,23)16-4-2-10-24-16/h1-11,20H,12H2,(H,19,21). The van der Waals surface area contributed by atoms with Gasteiger partial charge in [0.2, 0.25) is 0 Å². The molecular formula is C17H15N3O3S2. The normalized spacial score (nSPS) is 11.0. The summed E-state index contributed by atoms with van der Waals surface area (Å²) in [6.45, 7) is 0.374. The number of carbonyl (C=O) groups excluding carboxylic acids is 1. The molecule has 25 heavy (non-hydrogen) atoms.